The van der Waals surface area contributed by atoms with Gasteiger partial charge in [0.1, 0.15) is 0 Å². The number of halogens is 1. The number of anilines is 3. The van der Waals surface area contributed by atoms with E-state index in [0.717, 1.165) is 48.1 Å². The molecule has 1 aliphatic heterocycles. The number of amides is 1. The van der Waals surface area contributed by atoms with Crippen molar-refractivity contribution in [1.82, 2.24) is 4.90 Å². The number of benzene rings is 2. The van der Waals surface area contributed by atoms with Gasteiger partial charge in [0.25, 0.3) is 0 Å². The monoisotopic (exact) mass is 358 g/mol. The van der Waals surface area contributed by atoms with Crippen LogP contribution in [0.1, 0.15) is 5.56 Å². The van der Waals surface area contributed by atoms with E-state index in [9.17, 15) is 4.79 Å². The summed E-state index contributed by atoms with van der Waals surface area (Å²) < 4.78 is 0. The highest BCUT2D eigenvalue weighted by Crippen LogP contribution is 2.21. The average Bonchev–Trinajstić information content (AvgIpc) is 2.59. The van der Waals surface area contributed by atoms with Crippen LogP contribution in [0.3, 0.4) is 0 Å². The van der Waals surface area contributed by atoms with E-state index in [0.29, 0.717) is 12.2 Å². The molecule has 6 heteroatoms. The SMILES string of the molecule is Cc1ccc(NC(=O)CN2CCN(c3cccc(Cl)c3)CC2)cc1N. The average molecular weight is 359 g/mol. The molecule has 0 bridgehead atoms. The van der Waals surface area contributed by atoms with Crippen molar-refractivity contribution in [3.8, 4) is 0 Å². The first-order chi connectivity index (χ1) is 12.0. The van der Waals surface area contributed by atoms with E-state index in [4.69, 9.17) is 17.3 Å². The van der Waals surface area contributed by atoms with Crippen molar-refractivity contribution in [3.05, 3.63) is 53.1 Å². The molecule has 5 nitrogen and oxygen atoms in total. The molecule has 0 aromatic heterocycles. The van der Waals surface area contributed by atoms with Crippen molar-refractivity contribution in [3.63, 3.8) is 0 Å². The first-order valence-corrected chi connectivity index (χ1v) is 8.78. The molecule has 2 aromatic carbocycles. The summed E-state index contributed by atoms with van der Waals surface area (Å²) in [5, 5.41) is 3.66. The molecule has 0 radical (unpaired) electrons. The summed E-state index contributed by atoms with van der Waals surface area (Å²) in [6, 6.07) is 13.5. The van der Waals surface area contributed by atoms with Gasteiger partial charge in [-0.25, -0.2) is 0 Å². The molecule has 1 fully saturated rings. The largest absolute Gasteiger partial charge is 0.398 e. The number of piperazine rings is 1. The van der Waals surface area contributed by atoms with Gasteiger partial charge in [-0.05, 0) is 42.8 Å². The standard InChI is InChI=1S/C19H23ClN4O/c1-14-5-6-16(12-18(14)21)22-19(25)13-23-7-9-24(10-8-23)17-4-2-3-15(20)11-17/h2-6,11-12H,7-10,13,21H2,1H3,(H,22,25). The van der Waals surface area contributed by atoms with E-state index < -0.39 is 0 Å². The molecule has 3 N–H and O–H groups in total. The van der Waals surface area contributed by atoms with Crippen molar-refractivity contribution < 1.29 is 4.79 Å². The first kappa shape index (κ1) is 17.6. The Morgan fingerprint density at radius 2 is 1.92 bits per heavy atom. The quantitative estimate of drug-likeness (QED) is 0.825. The summed E-state index contributed by atoms with van der Waals surface area (Å²) >= 11 is 6.06. The molecule has 0 unspecified atom stereocenters. The summed E-state index contributed by atoms with van der Waals surface area (Å²) in [6.07, 6.45) is 0. The molecule has 0 aliphatic carbocycles. The maximum atomic E-state index is 12.2. The number of nitrogens with two attached hydrogens (primary N) is 1. The number of rotatable bonds is 4. The highest BCUT2D eigenvalue weighted by molar-refractivity contribution is 6.30. The lowest BCUT2D eigenvalue weighted by atomic mass is 10.2. The van der Waals surface area contributed by atoms with Crippen molar-refractivity contribution in [2.24, 2.45) is 0 Å². The Hall–Kier alpha value is -2.24. The minimum absolute atomic E-state index is 0.0144. The third-order valence-corrected chi connectivity index (χ3v) is 4.71. The van der Waals surface area contributed by atoms with Gasteiger partial charge in [-0.1, -0.05) is 23.7 Å². The smallest absolute Gasteiger partial charge is 0.238 e. The molecule has 1 aliphatic rings. The summed E-state index contributed by atoms with van der Waals surface area (Å²) in [6.45, 7) is 5.78. The summed E-state index contributed by atoms with van der Waals surface area (Å²) in [5.74, 6) is -0.0144. The second-order valence-electron chi connectivity index (χ2n) is 6.36. The van der Waals surface area contributed by atoms with E-state index in [2.05, 4.69) is 21.2 Å². The highest BCUT2D eigenvalue weighted by atomic mass is 35.5. The third kappa shape index (κ3) is 4.65. The van der Waals surface area contributed by atoms with Crippen LogP contribution in [0.2, 0.25) is 5.02 Å². The molecule has 2 aromatic rings. The molecule has 0 atom stereocenters. The number of carbonyl (C=O) groups excluding carboxylic acids is 1. The van der Waals surface area contributed by atoms with Crippen LogP contribution in [-0.2, 0) is 4.79 Å². The molecule has 25 heavy (non-hydrogen) atoms. The van der Waals surface area contributed by atoms with Crippen LogP contribution >= 0.6 is 11.6 Å². The Labute approximate surface area is 153 Å². The maximum Gasteiger partial charge on any atom is 0.238 e. The molecule has 1 amide bonds. The number of hydrogen-bond acceptors (Lipinski definition) is 4. The number of nitrogens with zero attached hydrogens (tertiary/aromatic N) is 2. The lowest BCUT2D eigenvalue weighted by molar-refractivity contribution is -0.117. The molecule has 0 saturated carbocycles. The van der Waals surface area contributed by atoms with Crippen LogP contribution in [0, 0.1) is 6.92 Å². The van der Waals surface area contributed by atoms with E-state index in [-0.39, 0.29) is 5.91 Å². The fraction of sp³-hybridized carbons (Fsp3) is 0.316. The van der Waals surface area contributed by atoms with E-state index in [1.807, 2.05) is 37.3 Å². The minimum atomic E-state index is -0.0144. The van der Waals surface area contributed by atoms with E-state index in [1.165, 1.54) is 0 Å². The van der Waals surface area contributed by atoms with Crippen molar-refractivity contribution in [2.75, 3.05) is 48.7 Å². The van der Waals surface area contributed by atoms with Crippen LogP contribution in [-0.4, -0.2) is 43.5 Å². The van der Waals surface area contributed by atoms with Gasteiger partial charge in [-0.15, -0.1) is 0 Å². The zero-order valence-electron chi connectivity index (χ0n) is 14.3. The summed E-state index contributed by atoms with van der Waals surface area (Å²) in [4.78, 5) is 16.7. The van der Waals surface area contributed by atoms with Gasteiger partial charge in [0.2, 0.25) is 5.91 Å². The van der Waals surface area contributed by atoms with Crippen molar-refractivity contribution in [2.45, 2.75) is 6.92 Å². The van der Waals surface area contributed by atoms with Crippen LogP contribution in [0.15, 0.2) is 42.5 Å². The Morgan fingerprint density at radius 1 is 1.16 bits per heavy atom. The van der Waals surface area contributed by atoms with Crippen LogP contribution in [0.4, 0.5) is 17.1 Å². The van der Waals surface area contributed by atoms with Crippen LogP contribution < -0.4 is 16.0 Å². The van der Waals surface area contributed by atoms with Crippen molar-refractivity contribution >= 4 is 34.6 Å². The summed E-state index contributed by atoms with van der Waals surface area (Å²) in [7, 11) is 0. The lowest BCUT2D eigenvalue weighted by Crippen LogP contribution is -2.48. The first-order valence-electron chi connectivity index (χ1n) is 8.40. The zero-order valence-corrected chi connectivity index (χ0v) is 15.1. The number of nitrogen functional groups attached to an aromatic ring is 1. The fourth-order valence-corrected chi connectivity index (χ4v) is 3.14. The predicted molar refractivity (Wildman–Crippen MR) is 104 cm³/mol. The van der Waals surface area contributed by atoms with Gasteiger partial charge in [0, 0.05) is 48.3 Å². The van der Waals surface area contributed by atoms with E-state index in [1.54, 1.807) is 6.07 Å². The molecule has 132 valence electrons. The maximum absolute atomic E-state index is 12.2. The van der Waals surface area contributed by atoms with Crippen molar-refractivity contribution in [1.29, 1.82) is 0 Å². The van der Waals surface area contributed by atoms with Gasteiger partial charge in [-0.3, -0.25) is 9.69 Å². The molecule has 1 saturated heterocycles. The molecular weight excluding hydrogens is 336 g/mol. The second kappa shape index (κ2) is 7.76. The lowest BCUT2D eigenvalue weighted by Gasteiger charge is -2.35. The van der Waals surface area contributed by atoms with Gasteiger partial charge in [0.05, 0.1) is 6.54 Å². The zero-order chi connectivity index (χ0) is 17.8. The number of carbonyl (C=O) groups is 1. The van der Waals surface area contributed by atoms with Gasteiger partial charge < -0.3 is 16.0 Å². The Kier molecular flexibility index (Phi) is 5.46. The minimum Gasteiger partial charge on any atom is -0.398 e. The molecule has 0 spiro atoms. The van der Waals surface area contributed by atoms with E-state index >= 15 is 0 Å². The predicted octanol–water partition coefficient (Wildman–Crippen LogP) is 2.99. The second-order valence-corrected chi connectivity index (χ2v) is 6.80. The Morgan fingerprint density at radius 3 is 2.60 bits per heavy atom. The number of hydrogen-bond donors (Lipinski definition) is 2. The number of nitrogens with one attached hydrogen (secondary N) is 1. The van der Waals surface area contributed by atoms with Crippen LogP contribution in [0.25, 0.3) is 0 Å². The van der Waals surface area contributed by atoms with Gasteiger partial charge >= 0.3 is 0 Å². The topological polar surface area (TPSA) is 61.6 Å². The Balaban J connectivity index is 1.50. The third-order valence-electron chi connectivity index (χ3n) is 4.48. The molecule has 3 rings (SSSR count). The molecular formula is C19H23ClN4O. The number of aryl methyl sites for hydroxylation is 1. The van der Waals surface area contributed by atoms with Crippen LogP contribution in [0.5, 0.6) is 0 Å². The van der Waals surface area contributed by atoms with Gasteiger partial charge in [-0.2, -0.15) is 0 Å². The Bertz CT molecular complexity index is 757. The fourth-order valence-electron chi connectivity index (χ4n) is 2.96. The normalized spacial score (nSPS) is 15.2. The van der Waals surface area contributed by atoms with Gasteiger partial charge in [0.15, 0.2) is 0 Å². The molecule has 1 heterocycles. The highest BCUT2D eigenvalue weighted by Gasteiger charge is 2.19. The summed E-state index contributed by atoms with van der Waals surface area (Å²) in [5.41, 5.74) is 9.46.